The second kappa shape index (κ2) is 6.69. The Bertz CT molecular complexity index is 363. The molecule has 1 aromatic carbocycles. The third kappa shape index (κ3) is 4.08. The number of hydrogen-bond acceptors (Lipinski definition) is 2. The minimum Gasteiger partial charge on any atom is -0.396 e. The van der Waals surface area contributed by atoms with E-state index in [0.29, 0.717) is 18.1 Å². The summed E-state index contributed by atoms with van der Waals surface area (Å²) >= 11 is 3.44. The van der Waals surface area contributed by atoms with Crippen molar-refractivity contribution in [2.45, 2.75) is 44.8 Å². The molecule has 0 aromatic heterocycles. The molecule has 3 atom stereocenters. The van der Waals surface area contributed by atoms with Gasteiger partial charge < -0.3 is 9.84 Å². The molecular formula is C15H21BrO2. The van der Waals surface area contributed by atoms with Crippen LogP contribution >= 0.6 is 15.9 Å². The summed E-state index contributed by atoms with van der Waals surface area (Å²) in [5, 5.41) is 9.50. The summed E-state index contributed by atoms with van der Waals surface area (Å²) in [6.45, 7) is 2.37. The lowest BCUT2D eigenvalue weighted by Gasteiger charge is -2.19. The molecule has 2 nitrogen and oxygen atoms in total. The van der Waals surface area contributed by atoms with Gasteiger partial charge in [0.2, 0.25) is 0 Å². The third-order valence-electron chi connectivity index (χ3n) is 3.61. The van der Waals surface area contributed by atoms with Gasteiger partial charge in [-0.25, -0.2) is 0 Å². The van der Waals surface area contributed by atoms with E-state index < -0.39 is 0 Å². The zero-order valence-corrected chi connectivity index (χ0v) is 12.4. The Morgan fingerprint density at radius 3 is 2.61 bits per heavy atom. The van der Waals surface area contributed by atoms with Gasteiger partial charge in [0.1, 0.15) is 0 Å². The lowest BCUT2D eigenvalue weighted by molar-refractivity contribution is 0.0338. The molecule has 0 spiro atoms. The summed E-state index contributed by atoms with van der Waals surface area (Å²) in [5.41, 5.74) is 1.28. The molecule has 1 aromatic rings. The summed E-state index contributed by atoms with van der Waals surface area (Å²) in [7, 11) is 0. The molecule has 1 N–H and O–H groups in total. The van der Waals surface area contributed by atoms with E-state index in [4.69, 9.17) is 4.74 Å². The highest BCUT2D eigenvalue weighted by Crippen LogP contribution is 2.26. The van der Waals surface area contributed by atoms with E-state index in [2.05, 4.69) is 47.1 Å². The van der Waals surface area contributed by atoms with Crippen molar-refractivity contribution in [3.05, 3.63) is 34.3 Å². The summed E-state index contributed by atoms with van der Waals surface area (Å²) in [6.07, 6.45) is 4.92. The van der Waals surface area contributed by atoms with Crippen LogP contribution in [-0.4, -0.2) is 23.9 Å². The predicted molar refractivity (Wildman–Crippen MR) is 76.6 cm³/mol. The second-order valence-electron chi connectivity index (χ2n) is 5.26. The summed E-state index contributed by atoms with van der Waals surface area (Å²) in [4.78, 5) is 0. The van der Waals surface area contributed by atoms with Crippen molar-refractivity contribution in [2.24, 2.45) is 5.92 Å². The van der Waals surface area contributed by atoms with Crippen molar-refractivity contribution in [2.75, 3.05) is 6.61 Å². The number of aliphatic hydroxyl groups excluding tert-OH is 1. The van der Waals surface area contributed by atoms with Crippen LogP contribution in [0.25, 0.3) is 0 Å². The van der Waals surface area contributed by atoms with Gasteiger partial charge in [0.15, 0.2) is 0 Å². The number of ether oxygens (including phenoxy) is 1. The minimum absolute atomic E-state index is 0.240. The smallest absolute Gasteiger partial charge is 0.0583 e. The SMILES string of the molecule is CC1CCC(CC(CO)Cc2ccc(Br)cc2)O1. The van der Waals surface area contributed by atoms with Crippen LogP contribution in [-0.2, 0) is 11.2 Å². The number of aliphatic hydroxyl groups is 1. The van der Waals surface area contributed by atoms with E-state index in [0.717, 1.165) is 30.2 Å². The van der Waals surface area contributed by atoms with Gasteiger partial charge in [-0.3, -0.25) is 0 Å². The van der Waals surface area contributed by atoms with E-state index in [9.17, 15) is 5.11 Å². The van der Waals surface area contributed by atoms with E-state index in [1.54, 1.807) is 0 Å². The highest BCUT2D eigenvalue weighted by Gasteiger charge is 2.24. The fraction of sp³-hybridized carbons (Fsp3) is 0.600. The standard InChI is InChI=1S/C15H21BrO2/c1-11-2-7-15(18-11)9-13(10-17)8-12-3-5-14(16)6-4-12/h3-6,11,13,15,17H,2,7-10H2,1H3. The molecule has 0 bridgehead atoms. The summed E-state index contributed by atoms with van der Waals surface area (Å²) in [5.74, 6) is 0.307. The lowest BCUT2D eigenvalue weighted by Crippen LogP contribution is -2.19. The zero-order valence-electron chi connectivity index (χ0n) is 10.8. The van der Waals surface area contributed by atoms with Crippen molar-refractivity contribution < 1.29 is 9.84 Å². The molecule has 1 heterocycles. The maximum atomic E-state index is 9.50. The van der Waals surface area contributed by atoms with Gasteiger partial charge in [0.25, 0.3) is 0 Å². The molecular weight excluding hydrogens is 292 g/mol. The normalized spacial score (nSPS) is 25.3. The topological polar surface area (TPSA) is 29.5 Å². The Labute approximate surface area is 117 Å². The van der Waals surface area contributed by atoms with Crippen LogP contribution in [0.3, 0.4) is 0 Å². The second-order valence-corrected chi connectivity index (χ2v) is 6.18. The van der Waals surface area contributed by atoms with Gasteiger partial charge in [0, 0.05) is 11.1 Å². The molecule has 0 radical (unpaired) electrons. The van der Waals surface area contributed by atoms with Crippen LogP contribution in [0.2, 0.25) is 0 Å². The molecule has 18 heavy (non-hydrogen) atoms. The molecule has 0 amide bonds. The molecule has 0 aliphatic carbocycles. The molecule has 1 aliphatic rings. The van der Waals surface area contributed by atoms with Gasteiger partial charge in [0.05, 0.1) is 12.2 Å². The van der Waals surface area contributed by atoms with Gasteiger partial charge in [-0.15, -0.1) is 0 Å². The Hall–Kier alpha value is -0.380. The third-order valence-corrected chi connectivity index (χ3v) is 4.14. The van der Waals surface area contributed by atoms with Crippen LogP contribution < -0.4 is 0 Å². The molecule has 2 rings (SSSR count). The Morgan fingerprint density at radius 2 is 2.06 bits per heavy atom. The highest BCUT2D eigenvalue weighted by atomic mass is 79.9. The van der Waals surface area contributed by atoms with Crippen molar-refractivity contribution in [3.63, 3.8) is 0 Å². The van der Waals surface area contributed by atoms with Crippen LogP contribution in [0.15, 0.2) is 28.7 Å². The first kappa shape index (κ1) is 14.0. The highest BCUT2D eigenvalue weighted by molar-refractivity contribution is 9.10. The quantitative estimate of drug-likeness (QED) is 0.901. The molecule has 0 saturated carbocycles. The number of halogens is 1. The van der Waals surface area contributed by atoms with E-state index in [1.807, 2.05) is 0 Å². The predicted octanol–water partition coefficient (Wildman–Crippen LogP) is 3.56. The van der Waals surface area contributed by atoms with Crippen LogP contribution in [0, 0.1) is 5.92 Å². The van der Waals surface area contributed by atoms with Crippen molar-refractivity contribution in [3.8, 4) is 0 Å². The maximum Gasteiger partial charge on any atom is 0.0583 e. The average molecular weight is 313 g/mol. The van der Waals surface area contributed by atoms with Gasteiger partial charge in [-0.1, -0.05) is 28.1 Å². The van der Waals surface area contributed by atoms with Crippen LogP contribution in [0.1, 0.15) is 31.7 Å². The van der Waals surface area contributed by atoms with Gasteiger partial charge in [-0.2, -0.15) is 0 Å². The molecule has 3 unspecified atom stereocenters. The fourth-order valence-corrected chi connectivity index (χ4v) is 2.87. The largest absolute Gasteiger partial charge is 0.396 e. The molecule has 1 saturated heterocycles. The fourth-order valence-electron chi connectivity index (χ4n) is 2.61. The van der Waals surface area contributed by atoms with Gasteiger partial charge >= 0.3 is 0 Å². The molecule has 1 aliphatic heterocycles. The number of hydrogen-bond donors (Lipinski definition) is 1. The number of benzene rings is 1. The monoisotopic (exact) mass is 312 g/mol. The van der Waals surface area contributed by atoms with Crippen molar-refractivity contribution in [1.29, 1.82) is 0 Å². The first-order valence-electron chi connectivity index (χ1n) is 6.68. The first-order chi connectivity index (χ1) is 8.67. The van der Waals surface area contributed by atoms with Gasteiger partial charge in [-0.05, 0) is 56.2 Å². The van der Waals surface area contributed by atoms with Crippen molar-refractivity contribution >= 4 is 15.9 Å². The minimum atomic E-state index is 0.240. The summed E-state index contributed by atoms with van der Waals surface area (Å²) < 4.78 is 6.93. The summed E-state index contributed by atoms with van der Waals surface area (Å²) in [6, 6.07) is 8.34. The Morgan fingerprint density at radius 1 is 1.33 bits per heavy atom. The Kier molecular flexibility index (Phi) is 5.22. The molecule has 100 valence electrons. The maximum absolute atomic E-state index is 9.50. The van der Waals surface area contributed by atoms with Crippen LogP contribution in [0.4, 0.5) is 0 Å². The molecule has 1 fully saturated rings. The average Bonchev–Trinajstić information content (AvgIpc) is 2.77. The number of rotatable bonds is 5. The first-order valence-corrected chi connectivity index (χ1v) is 7.47. The van der Waals surface area contributed by atoms with E-state index in [1.165, 1.54) is 5.56 Å². The lowest BCUT2D eigenvalue weighted by atomic mass is 9.93. The van der Waals surface area contributed by atoms with Crippen LogP contribution in [0.5, 0.6) is 0 Å². The van der Waals surface area contributed by atoms with E-state index in [-0.39, 0.29) is 6.61 Å². The van der Waals surface area contributed by atoms with Crippen molar-refractivity contribution in [1.82, 2.24) is 0 Å². The molecule has 3 heteroatoms. The van der Waals surface area contributed by atoms with E-state index >= 15 is 0 Å². The zero-order chi connectivity index (χ0) is 13.0. The Balaban J connectivity index is 1.87.